The first-order valence-electron chi connectivity index (χ1n) is 10.6. The van der Waals surface area contributed by atoms with E-state index in [4.69, 9.17) is 0 Å². The third-order valence-corrected chi connectivity index (χ3v) is 5.11. The number of amides is 1. The number of anilines is 1. The minimum Gasteiger partial charge on any atom is -0.387 e. The van der Waals surface area contributed by atoms with Gasteiger partial charge in [-0.1, -0.05) is 32.6 Å². The van der Waals surface area contributed by atoms with Crippen LogP contribution in [0.5, 0.6) is 0 Å². The lowest BCUT2D eigenvalue weighted by molar-refractivity contribution is -0.105. The maximum atomic E-state index is 10.7. The molecule has 8 nitrogen and oxygen atoms in total. The first-order valence-corrected chi connectivity index (χ1v) is 10.6. The van der Waals surface area contributed by atoms with Crippen LogP contribution in [0.2, 0.25) is 0 Å². The molecule has 4 aromatic rings. The molecule has 4 heterocycles. The van der Waals surface area contributed by atoms with E-state index in [1.54, 1.807) is 23.0 Å². The molecule has 1 amide bonds. The number of hydrogen-bond donors (Lipinski definition) is 2. The number of hydrogen-bond acceptors (Lipinski definition) is 6. The predicted molar refractivity (Wildman–Crippen MR) is 120 cm³/mol. The van der Waals surface area contributed by atoms with Crippen LogP contribution >= 0.6 is 0 Å². The number of aliphatic hydroxyl groups is 1. The van der Waals surface area contributed by atoms with Crippen LogP contribution in [0.3, 0.4) is 0 Å². The number of nitrogens with zero attached hydrogens (tertiary/aromatic N) is 5. The van der Waals surface area contributed by atoms with E-state index in [2.05, 4.69) is 25.4 Å². The molecule has 0 aliphatic heterocycles. The minimum atomic E-state index is -0.560. The highest BCUT2D eigenvalue weighted by atomic mass is 16.3. The number of aromatic nitrogens is 5. The summed E-state index contributed by atoms with van der Waals surface area (Å²) >= 11 is 0. The van der Waals surface area contributed by atoms with Gasteiger partial charge in [0.1, 0.15) is 12.1 Å². The first kappa shape index (κ1) is 20.9. The van der Waals surface area contributed by atoms with Crippen molar-refractivity contribution in [2.75, 3.05) is 5.32 Å². The van der Waals surface area contributed by atoms with Gasteiger partial charge in [0.05, 0.1) is 17.3 Å². The van der Waals surface area contributed by atoms with Crippen LogP contribution in [0.4, 0.5) is 5.82 Å². The molecule has 0 radical (unpaired) electrons. The maximum Gasteiger partial charge on any atom is 0.212 e. The predicted octanol–water partition coefficient (Wildman–Crippen LogP) is 4.22. The zero-order valence-corrected chi connectivity index (χ0v) is 17.7. The quantitative estimate of drug-likeness (QED) is 0.454. The Morgan fingerprint density at radius 1 is 1.13 bits per heavy atom. The van der Waals surface area contributed by atoms with Gasteiger partial charge in [-0.3, -0.25) is 9.78 Å². The average molecular weight is 419 g/mol. The van der Waals surface area contributed by atoms with Gasteiger partial charge in [-0.05, 0) is 31.0 Å². The molecule has 0 spiro atoms. The van der Waals surface area contributed by atoms with Crippen molar-refractivity contribution >= 4 is 28.8 Å². The van der Waals surface area contributed by atoms with Gasteiger partial charge in [-0.15, -0.1) is 0 Å². The van der Waals surface area contributed by atoms with Crippen molar-refractivity contribution in [2.24, 2.45) is 0 Å². The van der Waals surface area contributed by atoms with Crippen LogP contribution in [-0.2, 0) is 4.79 Å². The number of fused-ring (bicyclic) bond motifs is 3. The number of aryl methyl sites for hydroxylation is 1. The molecule has 0 aromatic carbocycles. The number of carbonyl (C=O) groups excluding carboxylic acids is 1. The van der Waals surface area contributed by atoms with E-state index >= 15 is 0 Å². The summed E-state index contributed by atoms with van der Waals surface area (Å²) in [6, 6.07) is 5.66. The van der Waals surface area contributed by atoms with Crippen molar-refractivity contribution in [2.45, 2.75) is 52.1 Å². The first-order chi connectivity index (χ1) is 15.1. The summed E-state index contributed by atoms with van der Waals surface area (Å²) in [5.74, 6) is 0.444. The van der Waals surface area contributed by atoms with E-state index < -0.39 is 6.10 Å². The number of aliphatic hydroxyl groups excluding tert-OH is 1. The highest BCUT2D eigenvalue weighted by molar-refractivity contribution is 5.92. The molecular formula is C23H26N6O2. The Balaban J connectivity index is 0.000000710. The molecule has 1 atom stereocenters. The van der Waals surface area contributed by atoms with Gasteiger partial charge in [0.2, 0.25) is 6.41 Å². The Morgan fingerprint density at radius 2 is 1.94 bits per heavy atom. The third kappa shape index (κ3) is 4.54. The Hall–Kier alpha value is -3.39. The zero-order chi connectivity index (χ0) is 21.8. The molecule has 0 bridgehead atoms. The molecular weight excluding hydrogens is 392 g/mol. The van der Waals surface area contributed by atoms with Gasteiger partial charge in [0.15, 0.2) is 5.65 Å². The average Bonchev–Trinajstić information content (AvgIpc) is 3.57. The summed E-state index contributed by atoms with van der Waals surface area (Å²) in [6.45, 7) is 4.03. The van der Waals surface area contributed by atoms with E-state index in [-0.39, 0.29) is 0 Å². The number of pyridine rings is 3. The molecule has 1 fully saturated rings. The molecule has 1 saturated carbocycles. The van der Waals surface area contributed by atoms with Crippen molar-refractivity contribution in [1.82, 2.24) is 24.6 Å². The molecule has 1 unspecified atom stereocenters. The van der Waals surface area contributed by atoms with E-state index in [1.165, 1.54) is 25.6 Å². The van der Waals surface area contributed by atoms with Crippen molar-refractivity contribution in [3.63, 3.8) is 0 Å². The molecule has 1 aliphatic carbocycles. The summed E-state index contributed by atoms with van der Waals surface area (Å²) in [4.78, 5) is 23.8. The number of rotatable bonds is 6. The maximum absolute atomic E-state index is 10.7. The fourth-order valence-corrected chi connectivity index (χ4v) is 3.37. The molecule has 5 rings (SSSR count). The molecule has 160 valence electrons. The fraction of sp³-hybridized carbons (Fsp3) is 0.348. The lowest BCUT2D eigenvalue weighted by Crippen LogP contribution is -2.02. The van der Waals surface area contributed by atoms with Crippen molar-refractivity contribution in [1.29, 1.82) is 0 Å². The van der Waals surface area contributed by atoms with Gasteiger partial charge < -0.3 is 10.4 Å². The van der Waals surface area contributed by atoms with Crippen LogP contribution in [-0.4, -0.2) is 36.1 Å². The Morgan fingerprint density at radius 3 is 2.61 bits per heavy atom. The monoisotopic (exact) mass is 418 g/mol. The second-order valence-corrected chi connectivity index (χ2v) is 7.73. The lowest BCUT2D eigenvalue weighted by Gasteiger charge is -2.13. The van der Waals surface area contributed by atoms with E-state index in [0.29, 0.717) is 30.0 Å². The molecule has 8 heteroatoms. The molecule has 0 saturated heterocycles. The highest BCUT2D eigenvalue weighted by Crippen LogP contribution is 2.31. The molecule has 4 aromatic heterocycles. The van der Waals surface area contributed by atoms with E-state index in [1.807, 2.05) is 26.0 Å². The van der Waals surface area contributed by atoms with Crippen molar-refractivity contribution in [3.05, 3.63) is 48.2 Å². The minimum absolute atomic E-state index is 0.444. The number of nitrogens with one attached hydrogen (secondary N) is 1. The zero-order valence-electron chi connectivity index (χ0n) is 17.7. The fourth-order valence-electron chi connectivity index (χ4n) is 3.37. The SMILES string of the molecule is C1CC1.CCCC(O)c1cc(C)c(-c2cc3cnc(NC=O)cc3n3ncnc23)cn1. The summed E-state index contributed by atoms with van der Waals surface area (Å²) in [5, 5.41) is 18.0. The largest absolute Gasteiger partial charge is 0.387 e. The summed E-state index contributed by atoms with van der Waals surface area (Å²) in [7, 11) is 0. The summed E-state index contributed by atoms with van der Waals surface area (Å²) in [6.07, 6.45) is 11.1. The van der Waals surface area contributed by atoms with E-state index in [9.17, 15) is 9.90 Å². The van der Waals surface area contributed by atoms with Crippen LogP contribution in [0, 0.1) is 6.92 Å². The van der Waals surface area contributed by atoms with Crippen molar-refractivity contribution in [3.8, 4) is 11.1 Å². The smallest absolute Gasteiger partial charge is 0.212 e. The molecule has 1 aliphatic rings. The second-order valence-electron chi connectivity index (χ2n) is 7.73. The van der Waals surface area contributed by atoms with Gasteiger partial charge >= 0.3 is 0 Å². The standard InChI is InChI=1S/C20H20N6O2.C3H6/c1-3-4-18(28)16-5-12(2)15(9-21-16)14-6-13-8-22-19(24-11-27)7-17(13)26-20(14)23-10-25-26;1-2-3-1/h5-11,18,28H,3-4H2,1-2H3,(H,22,24,27);1-3H2. The Kier molecular flexibility index (Phi) is 6.18. The normalized spacial score (nSPS) is 13.5. The highest BCUT2D eigenvalue weighted by Gasteiger charge is 2.16. The van der Waals surface area contributed by atoms with Crippen LogP contribution in [0.25, 0.3) is 27.7 Å². The molecule has 2 N–H and O–H groups in total. The lowest BCUT2D eigenvalue weighted by atomic mass is 10.00. The Bertz CT molecular complexity index is 1210. The topological polar surface area (TPSA) is 105 Å². The summed E-state index contributed by atoms with van der Waals surface area (Å²) in [5.41, 5.74) is 4.94. The number of carbonyl (C=O) groups is 1. The molecule has 31 heavy (non-hydrogen) atoms. The third-order valence-electron chi connectivity index (χ3n) is 5.11. The van der Waals surface area contributed by atoms with Crippen molar-refractivity contribution < 1.29 is 9.90 Å². The van der Waals surface area contributed by atoms with Gasteiger partial charge in [-0.25, -0.2) is 14.5 Å². The second kappa shape index (κ2) is 9.18. The Labute approximate surface area is 180 Å². The van der Waals surface area contributed by atoms with E-state index in [0.717, 1.165) is 34.0 Å². The van der Waals surface area contributed by atoms with Crippen LogP contribution in [0.1, 0.15) is 56.4 Å². The summed E-state index contributed by atoms with van der Waals surface area (Å²) < 4.78 is 1.72. The van der Waals surface area contributed by atoms with Gasteiger partial charge in [0, 0.05) is 35.0 Å². The van der Waals surface area contributed by atoms with Gasteiger partial charge in [-0.2, -0.15) is 5.10 Å². The van der Waals surface area contributed by atoms with Crippen LogP contribution in [0.15, 0.2) is 36.9 Å². The van der Waals surface area contributed by atoms with Crippen LogP contribution < -0.4 is 5.32 Å². The van der Waals surface area contributed by atoms with Gasteiger partial charge in [0.25, 0.3) is 0 Å².